The van der Waals surface area contributed by atoms with Crippen molar-refractivity contribution < 1.29 is 18.1 Å². The third-order valence-corrected chi connectivity index (χ3v) is 3.10. The van der Waals surface area contributed by atoms with E-state index in [1.807, 2.05) is 0 Å². The maximum atomic E-state index is 11.1. The first-order chi connectivity index (χ1) is 7.77. The quantitative estimate of drug-likeness (QED) is 0.642. The number of hydrogen-bond acceptors (Lipinski definition) is 3. The van der Waals surface area contributed by atoms with Crippen LogP contribution in [0.2, 0.25) is 0 Å². The van der Waals surface area contributed by atoms with E-state index >= 15 is 0 Å². The molecule has 0 aliphatic carbocycles. The van der Waals surface area contributed by atoms with Crippen molar-refractivity contribution in [1.29, 1.82) is 0 Å². The Labute approximate surface area is 101 Å². The maximum Gasteiger partial charge on any atom is 0.294 e. The molecule has 0 atom stereocenters. The zero-order valence-corrected chi connectivity index (χ0v) is 10.5. The highest BCUT2D eigenvalue weighted by Crippen LogP contribution is 2.25. The molecule has 0 unspecified atom stereocenters. The summed E-state index contributed by atoms with van der Waals surface area (Å²) in [5.74, 6) is -0.141. The van der Waals surface area contributed by atoms with Gasteiger partial charge in [0.15, 0.2) is 0 Å². The van der Waals surface area contributed by atoms with Gasteiger partial charge in [-0.3, -0.25) is 4.55 Å². The first-order valence-corrected chi connectivity index (χ1v) is 6.34. The number of benzene rings is 1. The van der Waals surface area contributed by atoms with Crippen molar-refractivity contribution in [2.75, 3.05) is 0 Å². The van der Waals surface area contributed by atoms with Crippen molar-refractivity contribution in [1.82, 2.24) is 0 Å². The Morgan fingerprint density at radius 3 is 2.41 bits per heavy atom. The zero-order chi connectivity index (χ0) is 13.2. The Morgan fingerprint density at radius 1 is 1.41 bits per heavy atom. The van der Waals surface area contributed by atoms with Crippen molar-refractivity contribution in [3.63, 3.8) is 0 Å². The van der Waals surface area contributed by atoms with Crippen LogP contribution in [-0.2, 0) is 10.1 Å². The fourth-order valence-electron chi connectivity index (χ4n) is 1.63. The van der Waals surface area contributed by atoms with Crippen molar-refractivity contribution in [2.24, 2.45) is 0 Å². The second-order valence-corrected chi connectivity index (χ2v) is 5.05. The lowest BCUT2D eigenvalue weighted by atomic mass is 10.0. The molecule has 92 valence electrons. The van der Waals surface area contributed by atoms with E-state index in [9.17, 15) is 13.5 Å². The monoisotopic (exact) mass is 254 g/mol. The Bertz CT molecular complexity index is 583. The van der Waals surface area contributed by atoms with E-state index < -0.39 is 10.1 Å². The van der Waals surface area contributed by atoms with Gasteiger partial charge in [0.25, 0.3) is 10.1 Å². The number of hydrogen-bond donors (Lipinski definition) is 2. The molecule has 17 heavy (non-hydrogen) atoms. The molecule has 4 nitrogen and oxygen atoms in total. The standard InChI is InChI=1S/C12H14O4S/c1-4-5-10-7-11(17(14,15)16)6-8(2)12(10)9(3)13/h4-7,13H,3H2,1-2H3,(H,14,15,16)/b5-4-. The Balaban J connectivity index is 3.63. The van der Waals surface area contributed by atoms with Crippen LogP contribution in [0.25, 0.3) is 11.8 Å². The number of rotatable bonds is 3. The second-order valence-electron chi connectivity index (χ2n) is 3.63. The molecule has 1 rings (SSSR count). The molecule has 1 aromatic carbocycles. The highest BCUT2D eigenvalue weighted by atomic mass is 32.2. The summed E-state index contributed by atoms with van der Waals surface area (Å²) in [5, 5.41) is 9.47. The topological polar surface area (TPSA) is 74.6 Å². The molecular formula is C12H14O4S. The van der Waals surface area contributed by atoms with Crippen LogP contribution >= 0.6 is 0 Å². The van der Waals surface area contributed by atoms with Gasteiger partial charge in [-0.2, -0.15) is 8.42 Å². The van der Waals surface area contributed by atoms with Crippen LogP contribution < -0.4 is 0 Å². The van der Waals surface area contributed by atoms with E-state index in [1.165, 1.54) is 12.1 Å². The Kier molecular flexibility index (Phi) is 3.75. The molecule has 0 spiro atoms. The van der Waals surface area contributed by atoms with Crippen LogP contribution in [0.4, 0.5) is 0 Å². The molecule has 5 heteroatoms. The molecule has 2 N–H and O–H groups in total. The van der Waals surface area contributed by atoms with E-state index in [0.29, 0.717) is 16.7 Å². The number of aryl methyl sites for hydroxylation is 1. The van der Waals surface area contributed by atoms with E-state index in [1.54, 1.807) is 26.0 Å². The van der Waals surface area contributed by atoms with Crippen LogP contribution in [0.15, 0.2) is 29.7 Å². The first-order valence-electron chi connectivity index (χ1n) is 4.90. The highest BCUT2D eigenvalue weighted by molar-refractivity contribution is 7.85. The molecule has 1 aromatic rings. The van der Waals surface area contributed by atoms with Gasteiger partial charge in [0, 0.05) is 5.56 Å². The summed E-state index contributed by atoms with van der Waals surface area (Å²) in [6, 6.07) is 2.58. The second kappa shape index (κ2) is 4.73. The van der Waals surface area contributed by atoms with Gasteiger partial charge in [0.1, 0.15) is 5.76 Å². The molecule has 0 aromatic heterocycles. The van der Waals surface area contributed by atoms with Crippen molar-refractivity contribution >= 4 is 22.0 Å². The van der Waals surface area contributed by atoms with Crippen LogP contribution in [-0.4, -0.2) is 18.1 Å². The van der Waals surface area contributed by atoms with Gasteiger partial charge in [-0.1, -0.05) is 18.7 Å². The summed E-state index contributed by atoms with van der Waals surface area (Å²) in [5.41, 5.74) is 1.49. The van der Waals surface area contributed by atoms with Gasteiger partial charge in [0.2, 0.25) is 0 Å². The van der Waals surface area contributed by atoms with Crippen molar-refractivity contribution in [3.8, 4) is 0 Å². The summed E-state index contributed by atoms with van der Waals surface area (Å²) < 4.78 is 31.1. The first kappa shape index (κ1) is 13.5. The third-order valence-electron chi connectivity index (χ3n) is 2.27. The third kappa shape index (κ3) is 2.95. The molecule has 0 saturated heterocycles. The van der Waals surface area contributed by atoms with E-state index in [2.05, 4.69) is 6.58 Å². The van der Waals surface area contributed by atoms with Gasteiger partial charge in [-0.05, 0) is 37.1 Å². The highest BCUT2D eigenvalue weighted by Gasteiger charge is 2.15. The van der Waals surface area contributed by atoms with Gasteiger partial charge in [0.05, 0.1) is 4.90 Å². The van der Waals surface area contributed by atoms with E-state index in [0.717, 1.165) is 0 Å². The summed E-state index contributed by atoms with van der Waals surface area (Å²) >= 11 is 0. The lowest BCUT2D eigenvalue weighted by Gasteiger charge is -2.10. The molecule has 0 aliphatic rings. The van der Waals surface area contributed by atoms with E-state index in [-0.39, 0.29) is 10.7 Å². The predicted molar refractivity (Wildman–Crippen MR) is 67.4 cm³/mol. The number of allylic oxidation sites excluding steroid dienone is 1. The largest absolute Gasteiger partial charge is 0.508 e. The van der Waals surface area contributed by atoms with Gasteiger partial charge in [-0.25, -0.2) is 0 Å². The predicted octanol–water partition coefficient (Wildman–Crippen LogP) is 2.80. The smallest absolute Gasteiger partial charge is 0.294 e. The summed E-state index contributed by atoms with van der Waals surface area (Å²) in [6.07, 6.45) is 3.34. The molecule has 0 radical (unpaired) electrons. The van der Waals surface area contributed by atoms with Gasteiger partial charge >= 0.3 is 0 Å². The van der Waals surface area contributed by atoms with Crippen LogP contribution in [0.3, 0.4) is 0 Å². The SMILES string of the molecule is C=C(O)c1c(C)cc(S(=O)(=O)O)cc1/C=C\C. The summed E-state index contributed by atoms with van der Waals surface area (Å²) in [6.45, 7) is 6.83. The van der Waals surface area contributed by atoms with Crippen LogP contribution in [0, 0.1) is 6.92 Å². The lowest BCUT2D eigenvalue weighted by Crippen LogP contribution is -2.02. The van der Waals surface area contributed by atoms with Gasteiger partial charge in [-0.15, -0.1) is 0 Å². The molecule has 0 heterocycles. The summed E-state index contributed by atoms with van der Waals surface area (Å²) in [7, 11) is -4.25. The minimum Gasteiger partial charge on any atom is -0.508 e. The number of aliphatic hydroxyl groups is 1. The van der Waals surface area contributed by atoms with Crippen LogP contribution in [0.5, 0.6) is 0 Å². The van der Waals surface area contributed by atoms with Crippen molar-refractivity contribution in [3.05, 3.63) is 41.5 Å². The number of aliphatic hydroxyl groups excluding tert-OH is 1. The molecular weight excluding hydrogens is 240 g/mol. The lowest BCUT2D eigenvalue weighted by molar-refractivity contribution is 0.482. The van der Waals surface area contributed by atoms with Gasteiger partial charge < -0.3 is 5.11 Å². The molecule has 0 amide bonds. The van der Waals surface area contributed by atoms with Crippen LogP contribution in [0.1, 0.15) is 23.6 Å². The minimum absolute atomic E-state index is 0.141. The molecule has 0 fully saturated rings. The normalized spacial score (nSPS) is 11.9. The average molecular weight is 254 g/mol. The molecule has 0 saturated carbocycles. The minimum atomic E-state index is -4.25. The van der Waals surface area contributed by atoms with Crippen molar-refractivity contribution in [2.45, 2.75) is 18.7 Å². The molecule has 0 bridgehead atoms. The average Bonchev–Trinajstić information content (AvgIpc) is 2.15. The Hall–Kier alpha value is -1.59. The molecule has 0 aliphatic heterocycles. The Morgan fingerprint density at radius 2 is 2.00 bits per heavy atom. The summed E-state index contributed by atoms with van der Waals surface area (Å²) in [4.78, 5) is -0.201. The fourth-order valence-corrected chi connectivity index (χ4v) is 2.24. The fraction of sp³-hybridized carbons (Fsp3) is 0.167. The van der Waals surface area contributed by atoms with E-state index in [4.69, 9.17) is 4.55 Å². The maximum absolute atomic E-state index is 11.1. The zero-order valence-electron chi connectivity index (χ0n) is 9.64.